The molecule has 1 atom stereocenters. The lowest BCUT2D eigenvalue weighted by Crippen LogP contribution is -2.16. The summed E-state index contributed by atoms with van der Waals surface area (Å²) in [5.41, 5.74) is 2.96. The summed E-state index contributed by atoms with van der Waals surface area (Å²) in [7, 11) is 0. The number of aryl methyl sites for hydroxylation is 1. The Morgan fingerprint density at radius 1 is 1.11 bits per heavy atom. The third kappa shape index (κ3) is 4.34. The van der Waals surface area contributed by atoms with Gasteiger partial charge in [0.2, 0.25) is 0 Å². The second-order valence-electron chi connectivity index (χ2n) is 6.27. The van der Waals surface area contributed by atoms with E-state index >= 15 is 0 Å². The summed E-state index contributed by atoms with van der Waals surface area (Å²) < 4.78 is 0. The molecule has 0 nitrogen and oxygen atoms in total. The summed E-state index contributed by atoms with van der Waals surface area (Å²) in [4.78, 5) is 0.556. The van der Waals surface area contributed by atoms with E-state index in [-0.39, 0.29) is 0 Å². The lowest BCUT2D eigenvalue weighted by atomic mass is 9.80. The van der Waals surface area contributed by atoms with E-state index in [2.05, 4.69) is 54.0 Å². The van der Waals surface area contributed by atoms with Crippen molar-refractivity contribution in [2.75, 3.05) is 0 Å². The quantitative estimate of drug-likeness (QED) is 0.558. The minimum absolute atomic E-state index is 0.556. The van der Waals surface area contributed by atoms with Crippen LogP contribution in [-0.4, -0.2) is 0 Å². The van der Waals surface area contributed by atoms with Crippen molar-refractivity contribution >= 4 is 15.9 Å². The van der Waals surface area contributed by atoms with Crippen LogP contribution in [0.2, 0.25) is 0 Å². The van der Waals surface area contributed by atoms with Crippen LogP contribution in [0.1, 0.15) is 68.3 Å². The molecular formula is C18H27Br. The van der Waals surface area contributed by atoms with Gasteiger partial charge in [-0.2, -0.15) is 0 Å². The third-order valence-electron chi connectivity index (χ3n) is 4.59. The largest absolute Gasteiger partial charge is 0.0836 e. The standard InChI is InChI=1S/C18H27Br/c1-3-4-5-15-8-12-17(13-9-15)18(19)16-10-6-14(2)7-11-16/h8-9,12-14,16,18H,3-7,10-11H2,1-2H3. The second kappa shape index (κ2) is 7.47. The Morgan fingerprint density at radius 3 is 2.32 bits per heavy atom. The molecule has 106 valence electrons. The van der Waals surface area contributed by atoms with Crippen molar-refractivity contribution in [3.05, 3.63) is 35.4 Å². The molecule has 0 radical (unpaired) electrons. The molecule has 1 saturated carbocycles. The number of halogens is 1. The Morgan fingerprint density at radius 2 is 1.74 bits per heavy atom. The minimum Gasteiger partial charge on any atom is -0.0836 e. The molecule has 1 aliphatic carbocycles. The summed E-state index contributed by atoms with van der Waals surface area (Å²) in [6.07, 6.45) is 9.39. The Hall–Kier alpha value is -0.300. The van der Waals surface area contributed by atoms with Gasteiger partial charge in [-0.25, -0.2) is 0 Å². The molecule has 2 rings (SSSR count). The first-order chi connectivity index (χ1) is 9.20. The van der Waals surface area contributed by atoms with Gasteiger partial charge in [0.15, 0.2) is 0 Å². The fourth-order valence-electron chi connectivity index (χ4n) is 3.10. The maximum Gasteiger partial charge on any atom is 0.0423 e. The molecule has 1 unspecified atom stereocenters. The van der Waals surface area contributed by atoms with Crippen LogP contribution >= 0.6 is 15.9 Å². The Kier molecular flexibility index (Phi) is 5.94. The topological polar surface area (TPSA) is 0 Å². The Balaban J connectivity index is 1.93. The maximum atomic E-state index is 3.94. The zero-order valence-electron chi connectivity index (χ0n) is 12.4. The lowest BCUT2D eigenvalue weighted by molar-refractivity contribution is 0.287. The van der Waals surface area contributed by atoms with Crippen LogP contribution in [0.5, 0.6) is 0 Å². The van der Waals surface area contributed by atoms with Crippen LogP contribution in [0.3, 0.4) is 0 Å². The predicted molar refractivity (Wildman–Crippen MR) is 87.8 cm³/mol. The molecule has 0 N–H and O–H groups in total. The fourth-order valence-corrected chi connectivity index (χ4v) is 3.93. The molecular weight excluding hydrogens is 296 g/mol. The summed E-state index contributed by atoms with van der Waals surface area (Å²) >= 11 is 3.94. The van der Waals surface area contributed by atoms with E-state index in [1.165, 1.54) is 56.1 Å². The molecule has 1 aromatic carbocycles. The Labute approximate surface area is 127 Å². The molecule has 0 heterocycles. The number of benzene rings is 1. The molecule has 0 spiro atoms. The molecule has 0 aromatic heterocycles. The van der Waals surface area contributed by atoms with Crippen LogP contribution < -0.4 is 0 Å². The zero-order valence-corrected chi connectivity index (χ0v) is 14.0. The van der Waals surface area contributed by atoms with E-state index in [0.29, 0.717) is 4.83 Å². The van der Waals surface area contributed by atoms with Crippen molar-refractivity contribution < 1.29 is 0 Å². The van der Waals surface area contributed by atoms with Crippen LogP contribution in [0.15, 0.2) is 24.3 Å². The van der Waals surface area contributed by atoms with Gasteiger partial charge in [0, 0.05) is 4.83 Å². The zero-order chi connectivity index (χ0) is 13.7. The van der Waals surface area contributed by atoms with Crippen LogP contribution in [0.25, 0.3) is 0 Å². The predicted octanol–water partition coefficient (Wildman–Crippen LogP) is 6.29. The van der Waals surface area contributed by atoms with E-state index in [1.54, 1.807) is 0 Å². The van der Waals surface area contributed by atoms with Crippen molar-refractivity contribution in [3.8, 4) is 0 Å². The van der Waals surface area contributed by atoms with Gasteiger partial charge < -0.3 is 0 Å². The van der Waals surface area contributed by atoms with E-state index in [9.17, 15) is 0 Å². The minimum atomic E-state index is 0.556. The SMILES string of the molecule is CCCCc1ccc(C(Br)C2CCC(C)CC2)cc1. The van der Waals surface area contributed by atoms with Gasteiger partial charge in [-0.05, 0) is 48.6 Å². The average molecular weight is 323 g/mol. The molecule has 1 heteroatoms. The van der Waals surface area contributed by atoms with E-state index in [4.69, 9.17) is 0 Å². The van der Waals surface area contributed by atoms with Crippen molar-refractivity contribution in [2.45, 2.75) is 63.6 Å². The first-order valence-corrected chi connectivity index (χ1v) is 8.85. The van der Waals surface area contributed by atoms with Gasteiger partial charge >= 0.3 is 0 Å². The normalized spacial score (nSPS) is 25.2. The molecule has 1 fully saturated rings. The third-order valence-corrected chi connectivity index (χ3v) is 5.87. The van der Waals surface area contributed by atoms with E-state index < -0.39 is 0 Å². The van der Waals surface area contributed by atoms with Crippen molar-refractivity contribution in [3.63, 3.8) is 0 Å². The van der Waals surface area contributed by atoms with Crippen molar-refractivity contribution in [2.24, 2.45) is 11.8 Å². The summed E-state index contributed by atoms with van der Waals surface area (Å²) in [6, 6.07) is 9.32. The van der Waals surface area contributed by atoms with Gasteiger partial charge in [0.05, 0.1) is 0 Å². The summed E-state index contributed by atoms with van der Waals surface area (Å²) in [5, 5.41) is 0. The van der Waals surface area contributed by atoms with Crippen molar-refractivity contribution in [1.82, 2.24) is 0 Å². The average Bonchev–Trinajstić information content (AvgIpc) is 2.46. The van der Waals surface area contributed by atoms with E-state index in [1.807, 2.05) is 0 Å². The first-order valence-electron chi connectivity index (χ1n) is 7.93. The first kappa shape index (κ1) is 15.1. The fraction of sp³-hybridized carbons (Fsp3) is 0.667. The highest BCUT2D eigenvalue weighted by atomic mass is 79.9. The number of unbranched alkanes of at least 4 members (excludes halogenated alkanes) is 1. The molecule has 0 aliphatic heterocycles. The van der Waals surface area contributed by atoms with Crippen molar-refractivity contribution in [1.29, 1.82) is 0 Å². The molecule has 1 aliphatic rings. The van der Waals surface area contributed by atoms with Crippen LogP contribution in [-0.2, 0) is 6.42 Å². The molecule has 1 aromatic rings. The maximum absolute atomic E-state index is 3.94. The second-order valence-corrected chi connectivity index (χ2v) is 7.25. The van der Waals surface area contributed by atoms with Crippen LogP contribution in [0.4, 0.5) is 0 Å². The Bertz CT molecular complexity index is 360. The van der Waals surface area contributed by atoms with Gasteiger partial charge in [-0.1, -0.05) is 73.3 Å². The summed E-state index contributed by atoms with van der Waals surface area (Å²) in [6.45, 7) is 4.65. The molecule has 19 heavy (non-hydrogen) atoms. The van der Waals surface area contributed by atoms with E-state index in [0.717, 1.165) is 11.8 Å². The van der Waals surface area contributed by atoms with Gasteiger partial charge in [0.25, 0.3) is 0 Å². The molecule has 0 saturated heterocycles. The highest BCUT2D eigenvalue weighted by Crippen LogP contribution is 2.41. The smallest absolute Gasteiger partial charge is 0.0423 e. The summed E-state index contributed by atoms with van der Waals surface area (Å²) in [5.74, 6) is 1.77. The number of alkyl halides is 1. The highest BCUT2D eigenvalue weighted by molar-refractivity contribution is 9.09. The van der Waals surface area contributed by atoms with Gasteiger partial charge in [0.1, 0.15) is 0 Å². The molecule has 0 bridgehead atoms. The monoisotopic (exact) mass is 322 g/mol. The van der Waals surface area contributed by atoms with Gasteiger partial charge in [-0.15, -0.1) is 0 Å². The highest BCUT2D eigenvalue weighted by Gasteiger charge is 2.25. The lowest BCUT2D eigenvalue weighted by Gasteiger charge is -2.30. The number of rotatable bonds is 5. The van der Waals surface area contributed by atoms with Crippen LogP contribution in [0, 0.1) is 11.8 Å². The van der Waals surface area contributed by atoms with Gasteiger partial charge in [-0.3, -0.25) is 0 Å². The molecule has 0 amide bonds. The number of hydrogen-bond donors (Lipinski definition) is 0. The number of hydrogen-bond acceptors (Lipinski definition) is 0.